The summed E-state index contributed by atoms with van der Waals surface area (Å²) in [6.07, 6.45) is 0.00933. The summed E-state index contributed by atoms with van der Waals surface area (Å²) in [6, 6.07) is 7.28. The number of hydrogen-bond donors (Lipinski definition) is 1. The summed E-state index contributed by atoms with van der Waals surface area (Å²) in [7, 11) is 0. The molecule has 6 heteroatoms. The van der Waals surface area contributed by atoms with Crippen LogP contribution in [0.4, 0.5) is 16.2 Å². The van der Waals surface area contributed by atoms with Gasteiger partial charge in [0, 0.05) is 36.9 Å². The van der Waals surface area contributed by atoms with Gasteiger partial charge < -0.3 is 14.7 Å². The summed E-state index contributed by atoms with van der Waals surface area (Å²) < 4.78 is 4.91. The van der Waals surface area contributed by atoms with Crippen LogP contribution in [0.3, 0.4) is 0 Å². The number of cyclic esters (lactones) is 1. The highest BCUT2D eigenvalue weighted by atomic mass is 16.6. The highest BCUT2D eigenvalue weighted by Gasteiger charge is 2.31. The Morgan fingerprint density at radius 3 is 2.60 bits per heavy atom. The molecule has 1 N–H and O–H groups in total. The summed E-state index contributed by atoms with van der Waals surface area (Å²) in [5.41, 5.74) is 1.48. The number of aliphatic hydroxyl groups is 1. The van der Waals surface area contributed by atoms with E-state index in [-0.39, 0.29) is 24.5 Å². The van der Waals surface area contributed by atoms with Crippen molar-refractivity contribution < 1.29 is 19.4 Å². The molecule has 0 saturated carbocycles. The first-order chi connectivity index (χ1) is 9.69. The van der Waals surface area contributed by atoms with Crippen LogP contribution in [0.2, 0.25) is 0 Å². The predicted molar refractivity (Wildman–Crippen MR) is 72.7 cm³/mol. The van der Waals surface area contributed by atoms with Crippen molar-refractivity contribution in [1.29, 1.82) is 0 Å². The van der Waals surface area contributed by atoms with E-state index in [2.05, 4.69) is 0 Å². The molecule has 2 aliphatic rings. The summed E-state index contributed by atoms with van der Waals surface area (Å²) in [5, 5.41) is 9.16. The fourth-order valence-electron chi connectivity index (χ4n) is 2.61. The van der Waals surface area contributed by atoms with Crippen molar-refractivity contribution >= 4 is 23.4 Å². The van der Waals surface area contributed by atoms with E-state index in [0.29, 0.717) is 26.1 Å². The Kier molecular flexibility index (Phi) is 3.31. The average molecular weight is 276 g/mol. The molecule has 2 aliphatic heterocycles. The third kappa shape index (κ3) is 2.22. The number of carbonyl (C=O) groups is 2. The lowest BCUT2D eigenvalue weighted by molar-refractivity contribution is -0.117. The molecule has 0 bridgehead atoms. The molecule has 1 aromatic carbocycles. The molecule has 6 nitrogen and oxygen atoms in total. The summed E-state index contributed by atoms with van der Waals surface area (Å²) in [4.78, 5) is 26.7. The highest BCUT2D eigenvalue weighted by molar-refractivity contribution is 5.97. The van der Waals surface area contributed by atoms with Gasteiger partial charge in [0.15, 0.2) is 0 Å². The maximum atomic E-state index is 12.0. The second kappa shape index (κ2) is 5.13. The molecule has 0 spiro atoms. The molecule has 0 aliphatic carbocycles. The van der Waals surface area contributed by atoms with E-state index in [1.807, 2.05) is 24.3 Å². The topological polar surface area (TPSA) is 70.1 Å². The lowest BCUT2D eigenvalue weighted by atomic mass is 10.1. The van der Waals surface area contributed by atoms with Crippen LogP contribution in [0, 0.1) is 5.92 Å². The standard InChI is InChI=1S/C14H16N2O4/c17-9-10-6-13(18)16(8-10)12-3-1-2-11(7-12)15-4-5-20-14(15)19/h1-3,7,10,17H,4-6,8-9H2. The third-order valence-electron chi connectivity index (χ3n) is 3.68. The maximum absolute atomic E-state index is 12.0. The van der Waals surface area contributed by atoms with Gasteiger partial charge in [-0.05, 0) is 18.2 Å². The van der Waals surface area contributed by atoms with E-state index in [1.165, 1.54) is 0 Å². The first-order valence-electron chi connectivity index (χ1n) is 6.64. The van der Waals surface area contributed by atoms with Gasteiger partial charge in [0.25, 0.3) is 0 Å². The molecule has 1 aromatic rings. The number of aliphatic hydroxyl groups excluding tert-OH is 1. The molecule has 2 amide bonds. The lowest BCUT2D eigenvalue weighted by Gasteiger charge is -2.19. The summed E-state index contributed by atoms with van der Waals surface area (Å²) in [6.45, 7) is 1.44. The zero-order chi connectivity index (χ0) is 14.1. The van der Waals surface area contributed by atoms with Crippen molar-refractivity contribution in [2.45, 2.75) is 6.42 Å². The molecule has 2 fully saturated rings. The number of anilines is 2. The van der Waals surface area contributed by atoms with E-state index in [1.54, 1.807) is 9.80 Å². The number of rotatable bonds is 3. The average Bonchev–Trinajstić information content (AvgIpc) is 3.05. The van der Waals surface area contributed by atoms with Crippen molar-refractivity contribution in [1.82, 2.24) is 0 Å². The SMILES string of the molecule is O=C1CC(CO)CN1c1cccc(N2CCOC2=O)c1. The molecule has 2 saturated heterocycles. The Hall–Kier alpha value is -2.08. The van der Waals surface area contributed by atoms with Gasteiger partial charge in [-0.1, -0.05) is 6.07 Å². The van der Waals surface area contributed by atoms with Crippen LogP contribution < -0.4 is 9.80 Å². The Balaban J connectivity index is 1.84. The maximum Gasteiger partial charge on any atom is 0.414 e. The highest BCUT2D eigenvalue weighted by Crippen LogP contribution is 2.29. The number of nitrogens with zero attached hydrogens (tertiary/aromatic N) is 2. The van der Waals surface area contributed by atoms with E-state index < -0.39 is 0 Å². The van der Waals surface area contributed by atoms with Gasteiger partial charge in [0.05, 0.1) is 6.54 Å². The zero-order valence-electron chi connectivity index (χ0n) is 11.0. The minimum Gasteiger partial charge on any atom is -0.447 e. The molecule has 1 atom stereocenters. The number of hydrogen-bond acceptors (Lipinski definition) is 4. The molecule has 0 aromatic heterocycles. The minimum absolute atomic E-state index is 0.00481. The predicted octanol–water partition coefficient (Wildman–Crippen LogP) is 0.988. The molecule has 0 radical (unpaired) electrons. The Bertz CT molecular complexity index is 546. The minimum atomic E-state index is -0.358. The smallest absolute Gasteiger partial charge is 0.414 e. The van der Waals surface area contributed by atoms with Crippen molar-refractivity contribution in [2.24, 2.45) is 5.92 Å². The number of amides is 2. The van der Waals surface area contributed by atoms with E-state index >= 15 is 0 Å². The zero-order valence-corrected chi connectivity index (χ0v) is 11.0. The van der Waals surface area contributed by atoms with Gasteiger partial charge >= 0.3 is 6.09 Å². The fraction of sp³-hybridized carbons (Fsp3) is 0.429. The first kappa shape index (κ1) is 12.9. The first-order valence-corrected chi connectivity index (χ1v) is 6.64. The van der Waals surface area contributed by atoms with Crippen LogP contribution in [-0.4, -0.2) is 43.4 Å². The van der Waals surface area contributed by atoms with Crippen LogP contribution in [0.5, 0.6) is 0 Å². The number of benzene rings is 1. The summed E-state index contributed by atoms with van der Waals surface area (Å²) in [5.74, 6) is -0.00638. The second-order valence-corrected chi connectivity index (χ2v) is 5.04. The van der Waals surface area contributed by atoms with E-state index in [0.717, 1.165) is 11.4 Å². The van der Waals surface area contributed by atoms with Gasteiger partial charge in [-0.2, -0.15) is 0 Å². The number of carbonyl (C=O) groups excluding carboxylic acids is 2. The van der Waals surface area contributed by atoms with Crippen LogP contribution in [0.25, 0.3) is 0 Å². The van der Waals surface area contributed by atoms with E-state index in [4.69, 9.17) is 9.84 Å². The molecular weight excluding hydrogens is 260 g/mol. The van der Waals surface area contributed by atoms with Gasteiger partial charge in [0.2, 0.25) is 5.91 Å². The Morgan fingerprint density at radius 1 is 1.25 bits per heavy atom. The molecule has 20 heavy (non-hydrogen) atoms. The Labute approximate surface area is 116 Å². The Morgan fingerprint density at radius 2 is 2.00 bits per heavy atom. The molecule has 1 unspecified atom stereocenters. The number of ether oxygens (including phenoxy) is 1. The summed E-state index contributed by atoms with van der Waals surface area (Å²) >= 11 is 0. The lowest BCUT2D eigenvalue weighted by Crippen LogP contribution is -2.26. The van der Waals surface area contributed by atoms with Crippen molar-refractivity contribution in [3.63, 3.8) is 0 Å². The van der Waals surface area contributed by atoms with Gasteiger partial charge in [-0.25, -0.2) is 4.79 Å². The van der Waals surface area contributed by atoms with E-state index in [9.17, 15) is 9.59 Å². The van der Waals surface area contributed by atoms with Crippen molar-refractivity contribution in [3.05, 3.63) is 24.3 Å². The molecule has 2 heterocycles. The van der Waals surface area contributed by atoms with Crippen LogP contribution >= 0.6 is 0 Å². The second-order valence-electron chi connectivity index (χ2n) is 5.04. The monoisotopic (exact) mass is 276 g/mol. The van der Waals surface area contributed by atoms with Crippen LogP contribution in [0.1, 0.15) is 6.42 Å². The van der Waals surface area contributed by atoms with Crippen molar-refractivity contribution in [2.75, 3.05) is 36.1 Å². The van der Waals surface area contributed by atoms with Crippen LogP contribution in [0.15, 0.2) is 24.3 Å². The largest absolute Gasteiger partial charge is 0.447 e. The van der Waals surface area contributed by atoms with Gasteiger partial charge in [0.1, 0.15) is 6.61 Å². The third-order valence-corrected chi connectivity index (χ3v) is 3.68. The molecule has 3 rings (SSSR count). The van der Waals surface area contributed by atoms with Gasteiger partial charge in [-0.15, -0.1) is 0 Å². The van der Waals surface area contributed by atoms with Gasteiger partial charge in [-0.3, -0.25) is 9.69 Å². The van der Waals surface area contributed by atoms with Crippen LogP contribution in [-0.2, 0) is 9.53 Å². The molecule has 106 valence electrons. The van der Waals surface area contributed by atoms with Crippen molar-refractivity contribution in [3.8, 4) is 0 Å². The quantitative estimate of drug-likeness (QED) is 0.893. The fourth-order valence-corrected chi connectivity index (χ4v) is 2.61. The molecular formula is C14H16N2O4. The normalized spacial score (nSPS) is 22.6.